The van der Waals surface area contributed by atoms with E-state index in [0.717, 1.165) is 43.7 Å². The van der Waals surface area contributed by atoms with Gasteiger partial charge < -0.3 is 10.2 Å². The molecule has 1 N–H and O–H groups in total. The summed E-state index contributed by atoms with van der Waals surface area (Å²) in [6, 6.07) is 11.2. The number of amides is 1. The SMILES string of the molecule is CCCNC(=O)C1CCCN(c2ccc(=O)n(-c3ccc(CC)cc3)n2)C1. The van der Waals surface area contributed by atoms with E-state index in [0.29, 0.717) is 13.1 Å². The van der Waals surface area contributed by atoms with Crippen LogP contribution in [-0.2, 0) is 11.2 Å². The molecule has 2 aromatic rings. The first kappa shape index (κ1) is 19.1. The maximum atomic E-state index is 12.3. The van der Waals surface area contributed by atoms with E-state index in [-0.39, 0.29) is 17.4 Å². The first-order valence-electron chi connectivity index (χ1n) is 9.84. The van der Waals surface area contributed by atoms with Gasteiger partial charge >= 0.3 is 0 Å². The Labute approximate surface area is 160 Å². The van der Waals surface area contributed by atoms with Gasteiger partial charge in [0.05, 0.1) is 11.6 Å². The molecule has 6 nitrogen and oxygen atoms in total. The number of carbonyl (C=O) groups is 1. The molecule has 27 heavy (non-hydrogen) atoms. The predicted molar refractivity (Wildman–Crippen MR) is 107 cm³/mol. The Hall–Kier alpha value is -2.63. The molecule has 1 aliphatic rings. The average Bonchev–Trinajstić information content (AvgIpc) is 2.72. The molecule has 1 aromatic heterocycles. The molecule has 1 fully saturated rings. The maximum absolute atomic E-state index is 12.3. The highest BCUT2D eigenvalue weighted by Crippen LogP contribution is 2.21. The zero-order valence-electron chi connectivity index (χ0n) is 16.1. The summed E-state index contributed by atoms with van der Waals surface area (Å²) in [6.07, 6.45) is 3.73. The molecule has 1 saturated heterocycles. The Bertz CT molecular complexity index is 829. The largest absolute Gasteiger partial charge is 0.356 e. The van der Waals surface area contributed by atoms with Crippen LogP contribution in [0.3, 0.4) is 0 Å². The lowest BCUT2D eigenvalue weighted by Gasteiger charge is -2.32. The van der Waals surface area contributed by atoms with Crippen LogP contribution in [0.1, 0.15) is 38.7 Å². The summed E-state index contributed by atoms with van der Waals surface area (Å²) in [5.41, 5.74) is 1.82. The van der Waals surface area contributed by atoms with Crippen molar-refractivity contribution in [1.82, 2.24) is 15.1 Å². The Balaban J connectivity index is 1.80. The zero-order chi connectivity index (χ0) is 19.2. The summed E-state index contributed by atoms with van der Waals surface area (Å²) in [5, 5.41) is 7.57. The maximum Gasteiger partial charge on any atom is 0.271 e. The molecule has 6 heteroatoms. The van der Waals surface area contributed by atoms with Gasteiger partial charge in [-0.3, -0.25) is 9.59 Å². The van der Waals surface area contributed by atoms with Crippen molar-refractivity contribution in [1.29, 1.82) is 0 Å². The molecule has 0 spiro atoms. The van der Waals surface area contributed by atoms with Gasteiger partial charge in [0.2, 0.25) is 5.91 Å². The van der Waals surface area contributed by atoms with Gasteiger partial charge in [0.15, 0.2) is 0 Å². The van der Waals surface area contributed by atoms with Crippen LogP contribution in [0.15, 0.2) is 41.2 Å². The molecule has 0 radical (unpaired) electrons. The van der Waals surface area contributed by atoms with Crippen molar-refractivity contribution < 1.29 is 4.79 Å². The first-order valence-corrected chi connectivity index (χ1v) is 9.84. The first-order chi connectivity index (χ1) is 13.1. The molecule has 1 atom stereocenters. The minimum Gasteiger partial charge on any atom is -0.356 e. The number of hydrogen-bond donors (Lipinski definition) is 1. The van der Waals surface area contributed by atoms with E-state index in [2.05, 4.69) is 22.2 Å². The fourth-order valence-electron chi connectivity index (χ4n) is 3.42. The van der Waals surface area contributed by atoms with Crippen LogP contribution in [-0.4, -0.2) is 35.3 Å². The average molecular weight is 368 g/mol. The third-order valence-electron chi connectivity index (χ3n) is 5.04. The number of nitrogens with zero attached hydrogens (tertiary/aromatic N) is 3. The molecule has 1 amide bonds. The lowest BCUT2D eigenvalue weighted by Crippen LogP contribution is -2.44. The van der Waals surface area contributed by atoms with Crippen molar-refractivity contribution in [2.45, 2.75) is 39.5 Å². The van der Waals surface area contributed by atoms with E-state index in [1.807, 2.05) is 31.2 Å². The van der Waals surface area contributed by atoms with Crippen molar-refractivity contribution >= 4 is 11.7 Å². The number of aryl methyl sites for hydroxylation is 1. The second-order valence-corrected chi connectivity index (χ2v) is 7.04. The molecule has 1 aromatic carbocycles. The number of hydrogen-bond acceptors (Lipinski definition) is 4. The van der Waals surface area contributed by atoms with Crippen LogP contribution in [0.5, 0.6) is 0 Å². The Morgan fingerprint density at radius 2 is 1.96 bits per heavy atom. The molecular weight excluding hydrogens is 340 g/mol. The van der Waals surface area contributed by atoms with E-state index in [9.17, 15) is 9.59 Å². The van der Waals surface area contributed by atoms with Crippen LogP contribution in [0, 0.1) is 5.92 Å². The number of nitrogens with one attached hydrogen (secondary N) is 1. The molecule has 2 heterocycles. The zero-order valence-corrected chi connectivity index (χ0v) is 16.1. The fourth-order valence-corrected chi connectivity index (χ4v) is 3.42. The second-order valence-electron chi connectivity index (χ2n) is 7.04. The van der Waals surface area contributed by atoms with Gasteiger partial charge in [-0.25, -0.2) is 0 Å². The molecule has 0 aliphatic carbocycles. The molecule has 1 aliphatic heterocycles. The van der Waals surface area contributed by atoms with E-state index in [1.54, 1.807) is 12.1 Å². The van der Waals surface area contributed by atoms with Gasteiger partial charge in [-0.15, -0.1) is 5.10 Å². The fraction of sp³-hybridized carbons (Fsp3) is 0.476. The van der Waals surface area contributed by atoms with Gasteiger partial charge in [0.25, 0.3) is 5.56 Å². The van der Waals surface area contributed by atoms with Crippen molar-refractivity contribution in [2.24, 2.45) is 5.92 Å². The summed E-state index contributed by atoms with van der Waals surface area (Å²) in [6.45, 7) is 6.34. The summed E-state index contributed by atoms with van der Waals surface area (Å²) < 4.78 is 1.44. The van der Waals surface area contributed by atoms with Crippen LogP contribution in [0.4, 0.5) is 5.82 Å². The normalized spacial score (nSPS) is 17.0. The molecule has 0 saturated carbocycles. The highest BCUT2D eigenvalue weighted by molar-refractivity contribution is 5.79. The number of aromatic nitrogens is 2. The number of piperidine rings is 1. The van der Waals surface area contributed by atoms with Crippen LogP contribution in [0.25, 0.3) is 5.69 Å². The molecule has 3 rings (SSSR count). The predicted octanol–water partition coefficient (Wildman–Crippen LogP) is 2.54. The Morgan fingerprint density at radius 1 is 1.19 bits per heavy atom. The molecule has 144 valence electrons. The smallest absolute Gasteiger partial charge is 0.271 e. The lowest BCUT2D eigenvalue weighted by molar-refractivity contribution is -0.125. The number of anilines is 1. The van der Waals surface area contributed by atoms with Crippen molar-refractivity contribution in [3.63, 3.8) is 0 Å². The standard InChI is InChI=1S/C21H28N4O2/c1-3-13-22-21(27)17-6-5-14-24(15-17)19-11-12-20(26)25(23-19)18-9-7-16(4-2)8-10-18/h7-12,17H,3-6,13-15H2,1-2H3,(H,22,27). The van der Waals surface area contributed by atoms with Crippen molar-refractivity contribution in [3.05, 3.63) is 52.3 Å². The summed E-state index contributed by atoms with van der Waals surface area (Å²) >= 11 is 0. The summed E-state index contributed by atoms with van der Waals surface area (Å²) in [5.74, 6) is 0.823. The van der Waals surface area contributed by atoms with Crippen molar-refractivity contribution in [3.8, 4) is 5.69 Å². The number of rotatable bonds is 6. The highest BCUT2D eigenvalue weighted by atomic mass is 16.2. The summed E-state index contributed by atoms with van der Waals surface area (Å²) in [4.78, 5) is 26.7. The quantitative estimate of drug-likeness (QED) is 0.851. The van der Waals surface area contributed by atoms with E-state index < -0.39 is 0 Å². The number of carbonyl (C=O) groups excluding carboxylic acids is 1. The topological polar surface area (TPSA) is 67.2 Å². The monoisotopic (exact) mass is 368 g/mol. The van der Waals surface area contributed by atoms with E-state index in [1.165, 1.54) is 10.2 Å². The van der Waals surface area contributed by atoms with Gasteiger partial charge in [-0.05, 0) is 49.4 Å². The second kappa shape index (κ2) is 8.84. The van der Waals surface area contributed by atoms with Gasteiger partial charge in [0, 0.05) is 25.7 Å². The van der Waals surface area contributed by atoms with Gasteiger partial charge in [-0.2, -0.15) is 4.68 Å². The highest BCUT2D eigenvalue weighted by Gasteiger charge is 2.26. The van der Waals surface area contributed by atoms with Gasteiger partial charge in [-0.1, -0.05) is 26.0 Å². The Kier molecular flexibility index (Phi) is 6.27. The Morgan fingerprint density at radius 3 is 2.67 bits per heavy atom. The summed E-state index contributed by atoms with van der Waals surface area (Å²) in [7, 11) is 0. The minimum absolute atomic E-state index is 0.0312. The number of benzene rings is 1. The molecular formula is C21H28N4O2. The lowest BCUT2D eigenvalue weighted by atomic mass is 9.97. The minimum atomic E-state index is -0.155. The van der Waals surface area contributed by atoms with Gasteiger partial charge in [0.1, 0.15) is 5.82 Å². The third-order valence-corrected chi connectivity index (χ3v) is 5.04. The van der Waals surface area contributed by atoms with Crippen LogP contribution >= 0.6 is 0 Å². The molecule has 0 bridgehead atoms. The van der Waals surface area contributed by atoms with E-state index in [4.69, 9.17) is 0 Å². The molecule has 1 unspecified atom stereocenters. The third kappa shape index (κ3) is 4.56. The van der Waals surface area contributed by atoms with Crippen molar-refractivity contribution in [2.75, 3.05) is 24.5 Å². The van der Waals surface area contributed by atoms with Crippen LogP contribution < -0.4 is 15.8 Å². The van der Waals surface area contributed by atoms with Crippen LogP contribution in [0.2, 0.25) is 0 Å². The van der Waals surface area contributed by atoms with E-state index >= 15 is 0 Å².